The fourth-order valence-electron chi connectivity index (χ4n) is 5.12. The number of amides is 2. The second-order valence-electron chi connectivity index (χ2n) is 9.18. The lowest BCUT2D eigenvalue weighted by atomic mass is 10.1. The molecule has 6 rings (SSSR count). The normalized spacial score (nSPS) is 21.0. The Balaban J connectivity index is 1.23. The number of nitrogens with zero attached hydrogens (tertiary/aromatic N) is 3. The number of aromatic nitrogens is 2. The lowest BCUT2D eigenvalue weighted by Crippen LogP contribution is -2.45. The number of carbonyl (C=O) groups is 2. The molecule has 3 heterocycles. The molecule has 2 aliphatic rings. The van der Waals surface area contributed by atoms with Crippen LogP contribution in [0.2, 0.25) is 0 Å². The van der Waals surface area contributed by atoms with Crippen molar-refractivity contribution in [3.05, 3.63) is 69.8 Å². The van der Waals surface area contributed by atoms with Crippen LogP contribution in [0, 0.1) is 25.7 Å². The maximum absolute atomic E-state index is 13.7. The van der Waals surface area contributed by atoms with Gasteiger partial charge in [-0.1, -0.05) is 35.9 Å². The molecular formula is C26H24N4O2S2. The molecule has 1 aliphatic heterocycles. The molecule has 34 heavy (non-hydrogen) atoms. The summed E-state index contributed by atoms with van der Waals surface area (Å²) in [5, 5.41) is 3.97. The highest BCUT2D eigenvalue weighted by atomic mass is 32.1. The van der Waals surface area contributed by atoms with E-state index in [9.17, 15) is 9.59 Å². The highest BCUT2D eigenvalue weighted by Gasteiger charge is 2.54. The second kappa shape index (κ2) is 8.29. The van der Waals surface area contributed by atoms with Crippen molar-refractivity contribution in [1.29, 1.82) is 0 Å². The smallest absolute Gasteiger partial charge is 0.274 e. The van der Waals surface area contributed by atoms with E-state index in [-0.39, 0.29) is 17.9 Å². The number of aryl methyl sites for hydroxylation is 2. The summed E-state index contributed by atoms with van der Waals surface area (Å²) < 4.78 is 0.996. The molecule has 2 aromatic carbocycles. The Bertz CT molecular complexity index is 1430. The predicted molar refractivity (Wildman–Crippen MR) is 135 cm³/mol. The molecule has 2 aromatic heterocycles. The maximum Gasteiger partial charge on any atom is 0.274 e. The Morgan fingerprint density at radius 2 is 2.03 bits per heavy atom. The summed E-state index contributed by atoms with van der Waals surface area (Å²) in [6.45, 7) is 5.17. The lowest BCUT2D eigenvalue weighted by Gasteiger charge is -2.27. The Labute approximate surface area is 205 Å². The fraction of sp³-hybridized carbons (Fsp3) is 0.308. The SMILES string of the molecule is Cc1cccc(-c2sc(C)nc2C(=O)N2C[C@@H]3C[C@@H]3[C@H]2CNC(=O)c2cccc3scnc23)c1. The van der Waals surface area contributed by atoms with E-state index < -0.39 is 0 Å². The molecule has 0 unspecified atom stereocenters. The molecule has 1 saturated carbocycles. The molecule has 0 bridgehead atoms. The molecule has 0 radical (unpaired) electrons. The zero-order valence-electron chi connectivity index (χ0n) is 18.9. The molecule has 2 amide bonds. The van der Waals surface area contributed by atoms with Crippen molar-refractivity contribution in [2.75, 3.05) is 13.1 Å². The van der Waals surface area contributed by atoms with Gasteiger partial charge in [-0.15, -0.1) is 22.7 Å². The predicted octanol–water partition coefficient (Wildman–Crippen LogP) is 4.93. The Morgan fingerprint density at radius 1 is 1.18 bits per heavy atom. The van der Waals surface area contributed by atoms with Crippen LogP contribution in [-0.2, 0) is 0 Å². The molecule has 0 spiro atoms. The number of piperidine rings is 1. The minimum atomic E-state index is -0.141. The van der Waals surface area contributed by atoms with Crippen LogP contribution in [0.15, 0.2) is 48.0 Å². The molecule has 2 fully saturated rings. The second-order valence-corrected chi connectivity index (χ2v) is 11.3. The average Bonchev–Trinajstić information content (AvgIpc) is 3.16. The van der Waals surface area contributed by atoms with Crippen molar-refractivity contribution in [1.82, 2.24) is 20.2 Å². The van der Waals surface area contributed by atoms with Gasteiger partial charge in [0.2, 0.25) is 0 Å². The number of benzene rings is 2. The first-order valence-corrected chi connectivity index (χ1v) is 13.1. The molecule has 172 valence electrons. The van der Waals surface area contributed by atoms with E-state index in [1.165, 1.54) is 11.3 Å². The van der Waals surface area contributed by atoms with E-state index in [1.54, 1.807) is 22.9 Å². The monoisotopic (exact) mass is 488 g/mol. The van der Waals surface area contributed by atoms with Gasteiger partial charge < -0.3 is 10.2 Å². The van der Waals surface area contributed by atoms with Gasteiger partial charge in [0.15, 0.2) is 0 Å². The van der Waals surface area contributed by atoms with Crippen LogP contribution in [0.3, 0.4) is 0 Å². The van der Waals surface area contributed by atoms with Gasteiger partial charge in [-0.25, -0.2) is 9.97 Å². The lowest BCUT2D eigenvalue weighted by molar-refractivity contribution is 0.0690. The number of rotatable bonds is 5. The summed E-state index contributed by atoms with van der Waals surface area (Å²) in [6, 6.07) is 13.9. The molecule has 1 N–H and O–H groups in total. The molecule has 1 aliphatic carbocycles. The highest BCUT2D eigenvalue weighted by molar-refractivity contribution is 7.16. The fourth-order valence-corrected chi connectivity index (χ4v) is 6.73. The summed E-state index contributed by atoms with van der Waals surface area (Å²) in [7, 11) is 0. The van der Waals surface area contributed by atoms with E-state index in [0.717, 1.165) is 44.2 Å². The van der Waals surface area contributed by atoms with Gasteiger partial charge in [-0.05, 0) is 49.8 Å². The number of thiazole rings is 2. The van der Waals surface area contributed by atoms with Crippen LogP contribution < -0.4 is 5.32 Å². The van der Waals surface area contributed by atoms with Crippen molar-refractivity contribution in [2.24, 2.45) is 11.8 Å². The first-order valence-electron chi connectivity index (χ1n) is 11.5. The van der Waals surface area contributed by atoms with E-state index >= 15 is 0 Å². The first-order chi connectivity index (χ1) is 16.5. The summed E-state index contributed by atoms with van der Waals surface area (Å²) in [5.74, 6) is 0.795. The number of likely N-dealkylation sites (tertiary alicyclic amines) is 1. The summed E-state index contributed by atoms with van der Waals surface area (Å²) in [4.78, 5) is 38.6. The third-order valence-electron chi connectivity index (χ3n) is 6.86. The Kier molecular flexibility index (Phi) is 5.22. The van der Waals surface area contributed by atoms with Gasteiger partial charge in [0, 0.05) is 13.1 Å². The van der Waals surface area contributed by atoms with E-state index in [0.29, 0.717) is 29.6 Å². The largest absolute Gasteiger partial charge is 0.350 e. The first kappa shape index (κ1) is 21.4. The van der Waals surface area contributed by atoms with Gasteiger partial charge in [-0.2, -0.15) is 0 Å². The van der Waals surface area contributed by atoms with Crippen LogP contribution in [0.4, 0.5) is 0 Å². The third kappa shape index (κ3) is 3.71. The minimum Gasteiger partial charge on any atom is -0.350 e. The number of nitrogens with one attached hydrogen (secondary N) is 1. The van der Waals surface area contributed by atoms with E-state index in [1.807, 2.05) is 36.1 Å². The Hall–Kier alpha value is -3.10. The van der Waals surface area contributed by atoms with E-state index in [2.05, 4.69) is 34.3 Å². The van der Waals surface area contributed by atoms with Crippen LogP contribution in [0.1, 0.15) is 37.8 Å². The van der Waals surface area contributed by atoms with Crippen molar-refractivity contribution in [3.8, 4) is 10.4 Å². The number of fused-ring (bicyclic) bond motifs is 2. The van der Waals surface area contributed by atoms with Crippen molar-refractivity contribution in [2.45, 2.75) is 26.3 Å². The third-order valence-corrected chi connectivity index (χ3v) is 8.67. The zero-order chi connectivity index (χ0) is 23.4. The summed E-state index contributed by atoms with van der Waals surface area (Å²) in [5.41, 5.74) is 5.78. The topological polar surface area (TPSA) is 75.2 Å². The molecule has 8 heteroatoms. The number of para-hydroxylation sites is 1. The van der Waals surface area contributed by atoms with Gasteiger partial charge in [0.05, 0.1) is 37.2 Å². The van der Waals surface area contributed by atoms with Crippen LogP contribution >= 0.6 is 22.7 Å². The molecule has 4 aromatic rings. The minimum absolute atomic E-state index is 0.0107. The maximum atomic E-state index is 13.7. The van der Waals surface area contributed by atoms with Crippen LogP contribution in [-0.4, -0.2) is 45.8 Å². The van der Waals surface area contributed by atoms with Crippen molar-refractivity contribution in [3.63, 3.8) is 0 Å². The Morgan fingerprint density at radius 3 is 2.88 bits per heavy atom. The number of hydrogen-bond donors (Lipinski definition) is 1. The van der Waals surface area contributed by atoms with Gasteiger partial charge in [0.25, 0.3) is 11.8 Å². The highest BCUT2D eigenvalue weighted by Crippen LogP contribution is 2.50. The molecule has 3 atom stereocenters. The van der Waals surface area contributed by atoms with Crippen molar-refractivity contribution < 1.29 is 9.59 Å². The van der Waals surface area contributed by atoms with Crippen molar-refractivity contribution >= 4 is 44.7 Å². The molecular weight excluding hydrogens is 464 g/mol. The standard InChI is InChI=1S/C26H24N4O2S2/c1-14-5-3-6-16(9-14)24-23(29-15(2)34-24)26(32)30-12-17-10-19(17)20(30)11-27-25(31)18-7-4-8-21-22(18)28-13-33-21/h3-9,13,17,19-20H,10-12H2,1-2H3,(H,27,31)/t17-,19-,20+/m0/s1. The number of hydrogen-bond acceptors (Lipinski definition) is 6. The summed E-state index contributed by atoms with van der Waals surface area (Å²) in [6.07, 6.45) is 1.12. The quantitative estimate of drug-likeness (QED) is 0.432. The number of carbonyl (C=O) groups excluding carboxylic acids is 2. The van der Waals surface area contributed by atoms with Gasteiger partial charge >= 0.3 is 0 Å². The molecule has 1 saturated heterocycles. The zero-order valence-corrected chi connectivity index (χ0v) is 20.6. The molecule has 6 nitrogen and oxygen atoms in total. The summed E-state index contributed by atoms with van der Waals surface area (Å²) >= 11 is 3.08. The van der Waals surface area contributed by atoms with Crippen LogP contribution in [0.5, 0.6) is 0 Å². The van der Waals surface area contributed by atoms with Crippen LogP contribution in [0.25, 0.3) is 20.7 Å². The van der Waals surface area contributed by atoms with Gasteiger partial charge in [0.1, 0.15) is 5.69 Å². The average molecular weight is 489 g/mol. The van der Waals surface area contributed by atoms with E-state index in [4.69, 9.17) is 0 Å². The van der Waals surface area contributed by atoms with Gasteiger partial charge in [-0.3, -0.25) is 9.59 Å².